The molecule has 2 rings (SSSR count). The molecule has 0 spiro atoms. The molecule has 0 aliphatic carbocycles. The molecule has 0 fully saturated rings. The maximum atomic E-state index is 11.6. The fourth-order valence-corrected chi connectivity index (χ4v) is 1.52. The van der Waals surface area contributed by atoms with E-state index in [1.54, 1.807) is 12.1 Å². The lowest BCUT2D eigenvalue weighted by atomic mass is 10.1. The van der Waals surface area contributed by atoms with Crippen LogP contribution in [0.4, 0.5) is 5.82 Å². The number of rotatable bonds is 2. The first-order valence-electron chi connectivity index (χ1n) is 5.30. The second kappa shape index (κ2) is 4.29. The lowest BCUT2D eigenvalue weighted by Gasteiger charge is -2.06. The highest BCUT2D eigenvalue weighted by atomic mass is 16.3. The van der Waals surface area contributed by atoms with Gasteiger partial charge in [0, 0.05) is 0 Å². The van der Waals surface area contributed by atoms with Crippen molar-refractivity contribution in [1.29, 1.82) is 0 Å². The normalized spacial score (nSPS) is 10.4. The van der Waals surface area contributed by atoms with Crippen LogP contribution in [-0.2, 0) is 6.42 Å². The molecule has 2 aromatic rings. The molecule has 1 heterocycles. The Morgan fingerprint density at radius 1 is 1.35 bits per heavy atom. The van der Waals surface area contributed by atoms with Crippen LogP contribution in [0.3, 0.4) is 0 Å². The van der Waals surface area contributed by atoms with Crippen LogP contribution >= 0.6 is 0 Å². The zero-order valence-corrected chi connectivity index (χ0v) is 9.42. The molecular formula is C12H13N3O2. The molecule has 0 amide bonds. The monoisotopic (exact) mass is 231 g/mol. The summed E-state index contributed by atoms with van der Waals surface area (Å²) in [5.41, 5.74) is 6.84. The number of anilines is 1. The van der Waals surface area contributed by atoms with E-state index in [0.29, 0.717) is 5.69 Å². The summed E-state index contributed by atoms with van der Waals surface area (Å²) in [7, 11) is 0. The summed E-state index contributed by atoms with van der Waals surface area (Å²) < 4.78 is 1.16. The number of nitrogen functional groups attached to an aromatic ring is 1. The van der Waals surface area contributed by atoms with Crippen molar-refractivity contribution in [3.8, 4) is 11.4 Å². The van der Waals surface area contributed by atoms with Crippen LogP contribution in [0.15, 0.2) is 35.1 Å². The third-order valence-electron chi connectivity index (χ3n) is 2.53. The summed E-state index contributed by atoms with van der Waals surface area (Å²) in [4.78, 5) is 11.6. The van der Waals surface area contributed by atoms with Crippen molar-refractivity contribution in [2.45, 2.75) is 13.3 Å². The molecule has 88 valence electrons. The van der Waals surface area contributed by atoms with Crippen LogP contribution in [0.1, 0.15) is 12.5 Å². The van der Waals surface area contributed by atoms with Gasteiger partial charge in [0.25, 0.3) is 5.56 Å². The smallest absolute Gasteiger partial charge is 0.275 e. The number of aromatic nitrogens is 2. The summed E-state index contributed by atoms with van der Waals surface area (Å²) in [5.74, 6) is -0.361. The minimum absolute atomic E-state index is 0.0656. The van der Waals surface area contributed by atoms with Gasteiger partial charge in [0.2, 0.25) is 0 Å². The third-order valence-corrected chi connectivity index (χ3v) is 2.53. The van der Waals surface area contributed by atoms with Gasteiger partial charge in [-0.25, -0.2) is 0 Å². The Morgan fingerprint density at radius 2 is 2.00 bits per heavy atom. The molecule has 0 saturated heterocycles. The summed E-state index contributed by atoms with van der Waals surface area (Å²) in [6.07, 6.45) is 0.931. The lowest BCUT2D eigenvalue weighted by molar-refractivity contribution is 0.471. The average molecular weight is 231 g/mol. The Kier molecular flexibility index (Phi) is 2.82. The van der Waals surface area contributed by atoms with Crippen LogP contribution in [0.5, 0.6) is 5.75 Å². The van der Waals surface area contributed by atoms with Gasteiger partial charge in [-0.2, -0.15) is 4.68 Å². The second-order valence-electron chi connectivity index (χ2n) is 3.68. The summed E-state index contributed by atoms with van der Waals surface area (Å²) in [6, 6.07) is 8.49. The van der Waals surface area contributed by atoms with Gasteiger partial charge in [0.05, 0.1) is 11.8 Å². The van der Waals surface area contributed by atoms with Crippen LogP contribution < -0.4 is 11.3 Å². The lowest BCUT2D eigenvalue weighted by Crippen LogP contribution is -2.21. The molecule has 5 heteroatoms. The van der Waals surface area contributed by atoms with Gasteiger partial charge in [-0.15, -0.1) is 5.10 Å². The Bertz CT molecular complexity index is 588. The number of hydrogen-bond donors (Lipinski definition) is 2. The Hall–Kier alpha value is -2.30. The largest absolute Gasteiger partial charge is 0.504 e. The molecule has 1 aromatic carbocycles. The van der Waals surface area contributed by atoms with Crippen molar-refractivity contribution < 1.29 is 5.11 Å². The topological polar surface area (TPSA) is 81.1 Å². The molecule has 0 radical (unpaired) electrons. The molecular weight excluding hydrogens is 218 g/mol. The minimum Gasteiger partial charge on any atom is -0.504 e. The maximum Gasteiger partial charge on any atom is 0.275 e. The van der Waals surface area contributed by atoms with E-state index in [1.165, 1.54) is 5.56 Å². The number of hydrogen-bond acceptors (Lipinski definition) is 4. The Labute approximate surface area is 98.1 Å². The van der Waals surface area contributed by atoms with E-state index in [0.717, 1.165) is 17.2 Å². The predicted molar refractivity (Wildman–Crippen MR) is 65.3 cm³/mol. The van der Waals surface area contributed by atoms with Gasteiger partial charge in [-0.3, -0.25) is 4.79 Å². The van der Waals surface area contributed by atoms with E-state index in [1.807, 2.05) is 12.1 Å². The number of nitrogens with zero attached hydrogens (tertiary/aromatic N) is 2. The molecule has 0 aliphatic heterocycles. The van der Waals surface area contributed by atoms with Crippen molar-refractivity contribution in [3.05, 3.63) is 46.2 Å². The van der Waals surface area contributed by atoms with Crippen molar-refractivity contribution in [2.24, 2.45) is 0 Å². The first kappa shape index (κ1) is 11.2. The Morgan fingerprint density at radius 3 is 2.59 bits per heavy atom. The van der Waals surface area contributed by atoms with Gasteiger partial charge in [-0.1, -0.05) is 19.1 Å². The van der Waals surface area contributed by atoms with E-state index >= 15 is 0 Å². The molecule has 0 bridgehead atoms. The summed E-state index contributed by atoms with van der Waals surface area (Å²) >= 11 is 0. The second-order valence-corrected chi connectivity index (χ2v) is 3.68. The number of aromatic hydroxyl groups is 1. The molecule has 1 aromatic heterocycles. The average Bonchev–Trinajstić information content (AvgIpc) is 2.34. The van der Waals surface area contributed by atoms with Gasteiger partial charge in [0.1, 0.15) is 0 Å². The first-order chi connectivity index (χ1) is 8.11. The predicted octanol–water partition coefficient (Wildman–Crippen LogP) is 1.08. The van der Waals surface area contributed by atoms with Crippen LogP contribution in [0.2, 0.25) is 0 Å². The molecule has 3 N–H and O–H groups in total. The van der Waals surface area contributed by atoms with Gasteiger partial charge in [-0.05, 0) is 24.1 Å². The molecule has 0 saturated carbocycles. The van der Waals surface area contributed by atoms with E-state index in [4.69, 9.17) is 5.73 Å². The zero-order chi connectivity index (χ0) is 12.4. The third kappa shape index (κ3) is 2.13. The fraction of sp³-hybridized carbons (Fsp3) is 0.167. The van der Waals surface area contributed by atoms with Gasteiger partial charge in [0.15, 0.2) is 11.6 Å². The van der Waals surface area contributed by atoms with Crippen LogP contribution in [0.25, 0.3) is 5.69 Å². The van der Waals surface area contributed by atoms with Crippen molar-refractivity contribution >= 4 is 5.82 Å². The van der Waals surface area contributed by atoms with E-state index in [9.17, 15) is 9.90 Å². The molecule has 0 unspecified atom stereocenters. The highest BCUT2D eigenvalue weighted by Gasteiger charge is 2.06. The van der Waals surface area contributed by atoms with Crippen molar-refractivity contribution in [1.82, 2.24) is 9.78 Å². The van der Waals surface area contributed by atoms with E-state index < -0.39 is 5.56 Å². The standard InChI is InChI=1S/C12H13N3O2/c1-2-8-3-5-9(6-4-8)15-11(17)7-10(16)12(13)14-15/h3-7,16H,2H2,1H3,(H2,13,14). The highest BCUT2D eigenvalue weighted by Crippen LogP contribution is 2.14. The van der Waals surface area contributed by atoms with Gasteiger partial charge < -0.3 is 10.8 Å². The number of benzene rings is 1. The summed E-state index contributed by atoms with van der Waals surface area (Å²) in [5, 5.41) is 13.1. The molecule has 5 nitrogen and oxygen atoms in total. The summed E-state index contributed by atoms with van der Waals surface area (Å²) in [6.45, 7) is 2.05. The zero-order valence-electron chi connectivity index (χ0n) is 9.42. The van der Waals surface area contributed by atoms with E-state index in [2.05, 4.69) is 12.0 Å². The maximum absolute atomic E-state index is 11.6. The molecule has 0 aliphatic rings. The number of nitrogens with two attached hydrogens (primary N) is 1. The van der Waals surface area contributed by atoms with Crippen molar-refractivity contribution in [3.63, 3.8) is 0 Å². The highest BCUT2D eigenvalue weighted by molar-refractivity contribution is 5.44. The van der Waals surface area contributed by atoms with Crippen molar-refractivity contribution in [2.75, 3.05) is 5.73 Å². The van der Waals surface area contributed by atoms with E-state index in [-0.39, 0.29) is 11.6 Å². The van der Waals surface area contributed by atoms with Crippen LogP contribution in [0, 0.1) is 0 Å². The SMILES string of the molecule is CCc1ccc(-n2nc(N)c(O)cc2=O)cc1. The molecule has 0 atom stereocenters. The fourth-order valence-electron chi connectivity index (χ4n) is 1.52. The minimum atomic E-state index is -0.416. The molecule has 17 heavy (non-hydrogen) atoms. The Balaban J connectivity index is 2.52. The number of aryl methyl sites for hydroxylation is 1. The quantitative estimate of drug-likeness (QED) is 0.810. The van der Waals surface area contributed by atoms with Crippen LogP contribution in [-0.4, -0.2) is 14.9 Å². The first-order valence-corrected chi connectivity index (χ1v) is 5.30. The van der Waals surface area contributed by atoms with Gasteiger partial charge >= 0.3 is 0 Å².